The molecule has 0 spiro atoms. The van der Waals surface area contributed by atoms with Gasteiger partial charge in [0.05, 0.1) is 22.5 Å². The number of hydrogen-bond donors (Lipinski definition) is 2. The van der Waals surface area contributed by atoms with Gasteiger partial charge in [0.25, 0.3) is 5.91 Å². The number of carbonyl (C=O) groups is 1. The van der Waals surface area contributed by atoms with Gasteiger partial charge < -0.3 is 10.6 Å². The predicted octanol–water partition coefficient (Wildman–Crippen LogP) is 4.95. The lowest BCUT2D eigenvalue weighted by molar-refractivity contribution is 0.0964. The Bertz CT molecular complexity index is 1330. The van der Waals surface area contributed by atoms with E-state index in [1.165, 1.54) is 0 Å². The van der Waals surface area contributed by atoms with Crippen molar-refractivity contribution in [1.29, 1.82) is 0 Å². The Morgan fingerprint density at radius 2 is 1.89 bits per heavy atom. The molecule has 0 bridgehead atoms. The van der Waals surface area contributed by atoms with Crippen LogP contribution >= 0.6 is 11.8 Å². The van der Waals surface area contributed by atoms with E-state index < -0.39 is 0 Å². The fraction of sp³-hybridized carbons (Fsp3) is 0.296. The van der Waals surface area contributed by atoms with Crippen LogP contribution in [0.25, 0.3) is 22.3 Å². The summed E-state index contributed by atoms with van der Waals surface area (Å²) in [5.74, 6) is 2.17. The fourth-order valence-corrected chi connectivity index (χ4v) is 5.10. The molecule has 3 heterocycles. The van der Waals surface area contributed by atoms with Gasteiger partial charge in [0.2, 0.25) is 0 Å². The number of nitrogens with zero attached hydrogens (tertiary/aromatic N) is 4. The molecule has 4 aromatic rings. The zero-order valence-electron chi connectivity index (χ0n) is 20.4. The number of para-hydroxylation sites is 1. The van der Waals surface area contributed by atoms with Gasteiger partial charge in [-0.3, -0.25) is 14.8 Å². The number of amides is 1. The zero-order chi connectivity index (χ0) is 24.8. The average Bonchev–Trinajstić information content (AvgIpc) is 2.89. The summed E-state index contributed by atoms with van der Waals surface area (Å²) in [5, 5.41) is 7.11. The number of pyridine rings is 2. The van der Waals surface area contributed by atoms with Crippen molar-refractivity contribution in [2.45, 2.75) is 19.8 Å². The Balaban J connectivity index is 1.58. The summed E-state index contributed by atoms with van der Waals surface area (Å²) in [5.41, 5.74) is 5.24. The molecule has 7 nitrogen and oxygen atoms in total. The van der Waals surface area contributed by atoms with E-state index in [1.54, 1.807) is 25.6 Å². The quantitative estimate of drug-likeness (QED) is 0.346. The lowest BCUT2D eigenvalue weighted by Gasteiger charge is -2.25. The van der Waals surface area contributed by atoms with Crippen LogP contribution in [0, 0.1) is 12.8 Å². The van der Waals surface area contributed by atoms with Crippen LogP contribution in [0.2, 0.25) is 0 Å². The molecule has 35 heavy (non-hydrogen) atoms. The minimum absolute atomic E-state index is 0.104. The molecule has 1 aromatic carbocycles. The monoisotopic (exact) mass is 486 g/mol. The molecule has 0 aliphatic carbocycles. The van der Waals surface area contributed by atoms with Crippen LogP contribution in [0.5, 0.6) is 0 Å². The maximum absolute atomic E-state index is 12.4. The molecular formula is C27H30N6OS. The molecule has 2 N–H and O–H groups in total. The van der Waals surface area contributed by atoms with Crippen molar-refractivity contribution < 1.29 is 4.79 Å². The van der Waals surface area contributed by atoms with E-state index in [1.807, 2.05) is 55.1 Å². The van der Waals surface area contributed by atoms with Crippen molar-refractivity contribution in [3.05, 3.63) is 77.9 Å². The first kappa shape index (κ1) is 24.6. The second-order valence-corrected chi connectivity index (χ2v) is 9.43. The summed E-state index contributed by atoms with van der Waals surface area (Å²) in [6, 6.07) is 15.7. The van der Waals surface area contributed by atoms with Crippen LogP contribution in [0.3, 0.4) is 0 Å². The predicted molar refractivity (Wildman–Crippen MR) is 144 cm³/mol. The number of nitrogens with one attached hydrogen (secondary N) is 2. The summed E-state index contributed by atoms with van der Waals surface area (Å²) in [7, 11) is 1.65. The van der Waals surface area contributed by atoms with Crippen LogP contribution in [-0.2, 0) is 0 Å². The highest BCUT2D eigenvalue weighted by Gasteiger charge is 2.22. The molecule has 0 radical (unpaired) electrons. The highest BCUT2D eigenvalue weighted by atomic mass is 32.2. The summed E-state index contributed by atoms with van der Waals surface area (Å²) in [6.45, 7) is 4.94. The second kappa shape index (κ2) is 11.3. The van der Waals surface area contributed by atoms with Gasteiger partial charge in [-0.25, -0.2) is 9.97 Å². The van der Waals surface area contributed by atoms with Crippen molar-refractivity contribution in [3.63, 3.8) is 0 Å². The zero-order valence-corrected chi connectivity index (χ0v) is 21.3. The first-order chi connectivity index (χ1) is 17.0. The summed E-state index contributed by atoms with van der Waals surface area (Å²) in [6.07, 6.45) is 5.41. The van der Waals surface area contributed by atoms with Gasteiger partial charge in [0, 0.05) is 36.9 Å². The fourth-order valence-electron chi connectivity index (χ4n) is 4.26. The highest BCUT2D eigenvalue weighted by Crippen LogP contribution is 2.32. The Hall–Kier alpha value is -3.52. The minimum atomic E-state index is -0.104. The summed E-state index contributed by atoms with van der Waals surface area (Å²) < 4.78 is 0. The molecule has 0 fully saturated rings. The topological polar surface area (TPSA) is 92.7 Å². The van der Waals surface area contributed by atoms with E-state index in [0.29, 0.717) is 11.5 Å². The second-order valence-electron chi connectivity index (χ2n) is 8.52. The largest absolute Gasteiger partial charge is 0.370 e. The van der Waals surface area contributed by atoms with Crippen LogP contribution in [-0.4, -0.2) is 51.4 Å². The standard InChI is InChI=1S/C27H30N6OS/c1-17-7-5-10-23(33-17)24-13-25(32-16-31-24)30-14-19(15-35-4)18(2)20-8-6-9-21-22(27(34)28-3)11-12-29-26(20)21/h5-13,16,18-19H,14-15H2,1-4H3,(H,28,34)(H,30,31,32). The number of benzene rings is 1. The van der Waals surface area contributed by atoms with Gasteiger partial charge in [-0.2, -0.15) is 11.8 Å². The molecule has 0 saturated heterocycles. The Labute approximate surface area is 210 Å². The molecule has 0 aliphatic rings. The third kappa shape index (κ3) is 5.59. The first-order valence-corrected chi connectivity index (χ1v) is 13.0. The number of fused-ring (bicyclic) bond motifs is 1. The van der Waals surface area contributed by atoms with E-state index in [9.17, 15) is 4.79 Å². The van der Waals surface area contributed by atoms with Crippen molar-refractivity contribution in [1.82, 2.24) is 25.3 Å². The molecule has 1 amide bonds. The highest BCUT2D eigenvalue weighted by molar-refractivity contribution is 7.98. The Morgan fingerprint density at radius 1 is 1.06 bits per heavy atom. The van der Waals surface area contributed by atoms with Crippen molar-refractivity contribution >= 4 is 34.4 Å². The molecule has 2 unspecified atom stereocenters. The van der Waals surface area contributed by atoms with E-state index in [-0.39, 0.29) is 11.8 Å². The normalized spacial score (nSPS) is 12.8. The van der Waals surface area contributed by atoms with Gasteiger partial charge >= 0.3 is 0 Å². The molecule has 4 rings (SSSR count). The third-order valence-corrected chi connectivity index (χ3v) is 6.98. The van der Waals surface area contributed by atoms with E-state index in [4.69, 9.17) is 0 Å². The number of carbonyl (C=O) groups excluding carboxylic acids is 1. The van der Waals surface area contributed by atoms with Crippen molar-refractivity contribution in [3.8, 4) is 11.4 Å². The number of rotatable bonds is 9. The number of aromatic nitrogens is 4. The average molecular weight is 487 g/mol. The molecule has 0 aliphatic heterocycles. The van der Waals surface area contributed by atoms with Gasteiger partial charge in [0.1, 0.15) is 12.1 Å². The maximum Gasteiger partial charge on any atom is 0.251 e. The van der Waals surface area contributed by atoms with E-state index in [2.05, 4.69) is 49.8 Å². The lowest BCUT2D eigenvalue weighted by atomic mass is 9.86. The van der Waals surface area contributed by atoms with E-state index >= 15 is 0 Å². The maximum atomic E-state index is 12.4. The van der Waals surface area contributed by atoms with Crippen LogP contribution in [0.15, 0.2) is 61.1 Å². The van der Waals surface area contributed by atoms with Crippen LogP contribution < -0.4 is 10.6 Å². The lowest BCUT2D eigenvalue weighted by Crippen LogP contribution is -2.23. The first-order valence-electron chi connectivity index (χ1n) is 11.6. The van der Waals surface area contributed by atoms with Gasteiger partial charge in [0.15, 0.2) is 0 Å². The van der Waals surface area contributed by atoms with E-state index in [0.717, 1.165) is 51.7 Å². The van der Waals surface area contributed by atoms with Crippen molar-refractivity contribution in [2.75, 3.05) is 30.9 Å². The Kier molecular flexibility index (Phi) is 7.92. The number of aryl methyl sites for hydroxylation is 1. The number of anilines is 1. The number of hydrogen-bond acceptors (Lipinski definition) is 7. The minimum Gasteiger partial charge on any atom is -0.370 e. The number of thioether (sulfide) groups is 1. The molecule has 2 atom stereocenters. The van der Waals surface area contributed by atoms with Crippen LogP contribution in [0.1, 0.15) is 34.5 Å². The third-order valence-electron chi connectivity index (χ3n) is 6.22. The van der Waals surface area contributed by atoms with Gasteiger partial charge in [-0.1, -0.05) is 31.2 Å². The van der Waals surface area contributed by atoms with Crippen molar-refractivity contribution in [2.24, 2.45) is 5.92 Å². The molecule has 3 aromatic heterocycles. The molecular weight excluding hydrogens is 456 g/mol. The molecule has 0 saturated carbocycles. The van der Waals surface area contributed by atoms with Crippen LogP contribution in [0.4, 0.5) is 5.82 Å². The molecule has 8 heteroatoms. The smallest absolute Gasteiger partial charge is 0.251 e. The SMILES string of the molecule is CNC(=O)c1ccnc2c(C(C)C(CNc3cc(-c4cccc(C)n4)ncn3)CSC)cccc12. The summed E-state index contributed by atoms with van der Waals surface area (Å²) >= 11 is 1.82. The van der Waals surface area contributed by atoms with Gasteiger partial charge in [-0.15, -0.1) is 0 Å². The summed E-state index contributed by atoms with van der Waals surface area (Å²) in [4.78, 5) is 30.4. The van der Waals surface area contributed by atoms with Gasteiger partial charge in [-0.05, 0) is 54.5 Å². The Morgan fingerprint density at radius 3 is 2.66 bits per heavy atom. The molecule has 180 valence electrons.